The van der Waals surface area contributed by atoms with Gasteiger partial charge in [0.15, 0.2) is 17.0 Å². The summed E-state index contributed by atoms with van der Waals surface area (Å²) in [7, 11) is 0. The highest BCUT2D eigenvalue weighted by Crippen LogP contribution is 2.28. The molecule has 0 aliphatic heterocycles. The Labute approximate surface area is 142 Å². The number of aromatic nitrogens is 4. The summed E-state index contributed by atoms with van der Waals surface area (Å²) in [5, 5.41) is 0. The summed E-state index contributed by atoms with van der Waals surface area (Å²) in [6.07, 6.45) is 11.7. The van der Waals surface area contributed by atoms with Crippen LogP contribution in [0.3, 0.4) is 0 Å². The molecule has 2 aromatic heterocycles. The van der Waals surface area contributed by atoms with Crippen LogP contribution in [0.4, 0.5) is 5.82 Å². The zero-order chi connectivity index (χ0) is 16.4. The highest BCUT2D eigenvalue weighted by Gasteiger charge is 2.20. The molecule has 5 nitrogen and oxygen atoms in total. The lowest BCUT2D eigenvalue weighted by atomic mass is 10.0. The smallest absolute Gasteiger partial charge is 0.165 e. The second-order valence-corrected chi connectivity index (χ2v) is 5.82. The molecule has 2 heterocycles. The molecule has 1 aromatic carbocycles. The molecule has 5 radical (unpaired) electrons. The van der Waals surface area contributed by atoms with Crippen LogP contribution in [0, 0.1) is 31.6 Å². The summed E-state index contributed by atoms with van der Waals surface area (Å²) in [6.45, 7) is 0.726. The van der Waals surface area contributed by atoms with Gasteiger partial charge in [-0.05, 0) is 43.6 Å². The van der Waals surface area contributed by atoms with Crippen LogP contribution in [-0.2, 0) is 13.0 Å². The fourth-order valence-electron chi connectivity index (χ4n) is 2.96. The van der Waals surface area contributed by atoms with Gasteiger partial charge in [0.25, 0.3) is 0 Å². The molecule has 1 aliphatic rings. The third-order valence-corrected chi connectivity index (χ3v) is 4.19. The van der Waals surface area contributed by atoms with E-state index in [1.807, 2.05) is 18.2 Å². The topological polar surface area (TPSA) is 69.6 Å². The van der Waals surface area contributed by atoms with E-state index in [0.29, 0.717) is 11.3 Å². The van der Waals surface area contributed by atoms with Crippen LogP contribution >= 0.6 is 0 Å². The molecular formula is C19H18N5. The number of benzene rings is 1. The molecule has 24 heavy (non-hydrogen) atoms. The number of nitrogens with zero attached hydrogens (tertiary/aromatic N) is 4. The average Bonchev–Trinajstić information content (AvgIpc) is 3.23. The molecule has 0 unspecified atom stereocenters. The maximum atomic E-state index is 6.00. The fourth-order valence-corrected chi connectivity index (χ4v) is 2.96. The Morgan fingerprint density at radius 1 is 0.958 bits per heavy atom. The molecule has 4 rings (SSSR count). The Balaban J connectivity index is 1.67. The van der Waals surface area contributed by atoms with Gasteiger partial charge in [0.2, 0.25) is 0 Å². The zero-order valence-corrected chi connectivity index (χ0v) is 13.3. The standard InChI is InChI=1S/C19H18N5/c20-18-17-19(22-13-21-18)24(12-15-8-2-1-3-9-15)16(23-17)11-10-14-6-4-5-7-14/h1-9,13H,10-12H2,(H2,20,21,22). The van der Waals surface area contributed by atoms with Gasteiger partial charge in [-0.25, -0.2) is 15.0 Å². The van der Waals surface area contributed by atoms with E-state index in [1.54, 1.807) is 0 Å². The molecule has 0 saturated heterocycles. The van der Waals surface area contributed by atoms with Gasteiger partial charge in [-0.2, -0.15) is 0 Å². The van der Waals surface area contributed by atoms with Crippen molar-refractivity contribution in [2.45, 2.75) is 19.4 Å². The minimum Gasteiger partial charge on any atom is -0.382 e. The van der Waals surface area contributed by atoms with E-state index in [0.717, 1.165) is 30.9 Å². The van der Waals surface area contributed by atoms with Crippen molar-refractivity contribution in [2.24, 2.45) is 0 Å². The predicted octanol–water partition coefficient (Wildman–Crippen LogP) is 2.79. The number of imidazole rings is 1. The number of aryl methyl sites for hydroxylation is 1. The normalized spacial score (nSPS) is 15.3. The van der Waals surface area contributed by atoms with Crippen LogP contribution in [0.15, 0.2) is 36.7 Å². The number of hydrogen-bond acceptors (Lipinski definition) is 4. The molecule has 1 saturated carbocycles. The van der Waals surface area contributed by atoms with Crippen molar-refractivity contribution in [3.8, 4) is 0 Å². The second kappa shape index (κ2) is 6.59. The van der Waals surface area contributed by atoms with E-state index in [2.05, 4.69) is 52.4 Å². The van der Waals surface area contributed by atoms with Crippen molar-refractivity contribution in [2.75, 3.05) is 5.73 Å². The van der Waals surface area contributed by atoms with E-state index in [1.165, 1.54) is 17.8 Å². The van der Waals surface area contributed by atoms with Crippen molar-refractivity contribution in [3.63, 3.8) is 0 Å². The summed E-state index contributed by atoms with van der Waals surface area (Å²) in [5.74, 6) is 2.73. The monoisotopic (exact) mass is 316 g/mol. The molecule has 119 valence electrons. The third kappa shape index (κ3) is 2.98. The Hall–Kier alpha value is -2.43. The quantitative estimate of drug-likeness (QED) is 0.786. The lowest BCUT2D eigenvalue weighted by Crippen LogP contribution is -2.07. The molecule has 1 fully saturated rings. The summed E-state index contributed by atoms with van der Waals surface area (Å²) in [4.78, 5) is 13.2. The van der Waals surface area contributed by atoms with E-state index < -0.39 is 0 Å². The van der Waals surface area contributed by atoms with E-state index in [-0.39, 0.29) is 0 Å². The first-order valence-corrected chi connectivity index (χ1v) is 8.01. The van der Waals surface area contributed by atoms with Gasteiger partial charge in [0, 0.05) is 6.42 Å². The van der Waals surface area contributed by atoms with E-state index in [9.17, 15) is 0 Å². The predicted molar refractivity (Wildman–Crippen MR) is 94.0 cm³/mol. The van der Waals surface area contributed by atoms with Crippen LogP contribution in [-0.4, -0.2) is 19.5 Å². The van der Waals surface area contributed by atoms with Crippen molar-refractivity contribution >= 4 is 17.0 Å². The Morgan fingerprint density at radius 2 is 1.75 bits per heavy atom. The van der Waals surface area contributed by atoms with Crippen LogP contribution in [0.1, 0.15) is 17.8 Å². The maximum Gasteiger partial charge on any atom is 0.165 e. The second-order valence-electron chi connectivity index (χ2n) is 5.82. The first-order chi connectivity index (χ1) is 11.8. The van der Waals surface area contributed by atoms with Crippen LogP contribution < -0.4 is 5.73 Å². The van der Waals surface area contributed by atoms with Gasteiger partial charge >= 0.3 is 0 Å². The summed E-state index contributed by atoms with van der Waals surface area (Å²) in [6, 6.07) is 10.3. The highest BCUT2D eigenvalue weighted by molar-refractivity contribution is 5.81. The van der Waals surface area contributed by atoms with Crippen molar-refractivity contribution < 1.29 is 0 Å². The number of rotatable bonds is 5. The molecule has 0 amide bonds. The van der Waals surface area contributed by atoms with Gasteiger partial charge in [-0.1, -0.05) is 30.3 Å². The van der Waals surface area contributed by atoms with E-state index >= 15 is 0 Å². The molecule has 3 aromatic rings. The minimum absolute atomic E-state index is 0.432. The SMILES string of the molecule is Nc1ncnc2c1nc(CC[C]1[CH][CH][CH][CH]1)n2Cc1ccccc1. The number of fused-ring (bicyclic) bond motifs is 1. The first-order valence-electron chi connectivity index (χ1n) is 8.01. The third-order valence-electron chi connectivity index (χ3n) is 4.19. The number of anilines is 1. The maximum absolute atomic E-state index is 6.00. The highest BCUT2D eigenvalue weighted by atomic mass is 15.1. The number of nitrogens with two attached hydrogens (primary N) is 1. The van der Waals surface area contributed by atoms with Gasteiger partial charge in [-0.3, -0.25) is 0 Å². The van der Waals surface area contributed by atoms with Gasteiger partial charge < -0.3 is 10.3 Å². The van der Waals surface area contributed by atoms with Crippen molar-refractivity contribution in [1.29, 1.82) is 0 Å². The van der Waals surface area contributed by atoms with Crippen LogP contribution in [0.25, 0.3) is 11.2 Å². The lowest BCUT2D eigenvalue weighted by Gasteiger charge is -2.11. The average molecular weight is 316 g/mol. The van der Waals surface area contributed by atoms with Crippen LogP contribution in [0.2, 0.25) is 0 Å². The first kappa shape index (κ1) is 15.1. The zero-order valence-electron chi connectivity index (χ0n) is 13.3. The minimum atomic E-state index is 0.432. The Bertz CT molecular complexity index is 818. The van der Waals surface area contributed by atoms with Crippen LogP contribution in [0.5, 0.6) is 0 Å². The van der Waals surface area contributed by atoms with Gasteiger partial charge in [-0.15, -0.1) is 0 Å². The summed E-state index contributed by atoms with van der Waals surface area (Å²) < 4.78 is 2.14. The van der Waals surface area contributed by atoms with Crippen molar-refractivity contribution in [3.05, 3.63) is 79.6 Å². The molecule has 0 atom stereocenters. The molecule has 2 N–H and O–H groups in total. The van der Waals surface area contributed by atoms with Crippen molar-refractivity contribution in [1.82, 2.24) is 19.5 Å². The Morgan fingerprint density at radius 3 is 2.54 bits per heavy atom. The molecule has 0 spiro atoms. The largest absolute Gasteiger partial charge is 0.382 e. The molecule has 1 aliphatic carbocycles. The van der Waals surface area contributed by atoms with Gasteiger partial charge in [0.05, 0.1) is 6.54 Å². The summed E-state index contributed by atoms with van der Waals surface area (Å²) >= 11 is 0. The molecule has 0 bridgehead atoms. The van der Waals surface area contributed by atoms with Gasteiger partial charge in [0.1, 0.15) is 12.2 Å². The summed E-state index contributed by atoms with van der Waals surface area (Å²) in [5.41, 5.74) is 8.69. The fraction of sp³-hybridized carbons (Fsp3) is 0.158. The number of nitrogen functional groups attached to an aromatic ring is 1. The molecular weight excluding hydrogens is 298 g/mol. The lowest BCUT2D eigenvalue weighted by molar-refractivity contribution is 0.711. The number of hydrogen-bond donors (Lipinski definition) is 1. The Kier molecular flexibility index (Phi) is 4.15. The van der Waals surface area contributed by atoms with E-state index in [4.69, 9.17) is 10.7 Å². The molecule has 5 heteroatoms.